The van der Waals surface area contributed by atoms with E-state index in [1.54, 1.807) is 0 Å². The van der Waals surface area contributed by atoms with Crippen LogP contribution in [0.5, 0.6) is 0 Å². The summed E-state index contributed by atoms with van der Waals surface area (Å²) in [6, 6.07) is 4.00. The molecule has 4 nitrogen and oxygen atoms in total. The summed E-state index contributed by atoms with van der Waals surface area (Å²) < 4.78 is 5.65. The van der Waals surface area contributed by atoms with E-state index < -0.39 is 0 Å². The topological polar surface area (TPSA) is 45.6 Å². The lowest BCUT2D eigenvalue weighted by Gasteiger charge is -2.49. The van der Waals surface area contributed by atoms with Crippen molar-refractivity contribution < 1.29 is 4.42 Å². The van der Waals surface area contributed by atoms with Gasteiger partial charge in [0.25, 0.3) is 0 Å². The van der Waals surface area contributed by atoms with Crippen LogP contribution < -0.4 is 5.73 Å². The van der Waals surface area contributed by atoms with Crippen LogP contribution in [-0.2, 0) is 13.1 Å². The van der Waals surface area contributed by atoms with Gasteiger partial charge in [-0.05, 0) is 52.5 Å². The highest BCUT2D eigenvalue weighted by Gasteiger charge is 2.39. The van der Waals surface area contributed by atoms with E-state index in [0.717, 1.165) is 24.6 Å². The molecule has 0 aromatic carbocycles. The molecule has 1 aromatic heterocycles. The maximum Gasteiger partial charge on any atom is 0.118 e. The Labute approximate surface area is 110 Å². The van der Waals surface area contributed by atoms with Crippen LogP contribution in [0.1, 0.15) is 30.8 Å². The largest absolute Gasteiger partial charge is 0.463 e. The molecule has 0 aliphatic heterocycles. The van der Waals surface area contributed by atoms with E-state index >= 15 is 0 Å². The number of nitrogens with two attached hydrogens (primary N) is 1. The molecule has 1 fully saturated rings. The van der Waals surface area contributed by atoms with Gasteiger partial charge in [0.15, 0.2) is 0 Å². The van der Waals surface area contributed by atoms with E-state index in [0.29, 0.717) is 12.1 Å². The van der Waals surface area contributed by atoms with Gasteiger partial charge in [-0.15, -0.1) is 0 Å². The van der Waals surface area contributed by atoms with Crippen molar-refractivity contribution in [1.29, 1.82) is 0 Å². The van der Waals surface area contributed by atoms with Crippen molar-refractivity contribution in [2.75, 3.05) is 27.7 Å². The maximum absolute atomic E-state index is 5.65. The molecule has 102 valence electrons. The van der Waals surface area contributed by atoms with E-state index in [4.69, 9.17) is 10.2 Å². The monoisotopic (exact) mass is 251 g/mol. The first kappa shape index (κ1) is 13.6. The van der Waals surface area contributed by atoms with Gasteiger partial charge in [-0.25, -0.2) is 0 Å². The Morgan fingerprint density at radius 2 is 1.89 bits per heavy atom. The first-order valence-electron chi connectivity index (χ1n) is 6.69. The molecule has 0 spiro atoms. The zero-order chi connectivity index (χ0) is 13.2. The summed E-state index contributed by atoms with van der Waals surface area (Å²) in [5, 5.41) is 0. The van der Waals surface area contributed by atoms with Gasteiger partial charge >= 0.3 is 0 Å². The van der Waals surface area contributed by atoms with Crippen molar-refractivity contribution >= 4 is 0 Å². The van der Waals surface area contributed by atoms with E-state index in [2.05, 4.69) is 30.9 Å². The molecule has 2 rings (SSSR count). The molecule has 0 saturated heterocycles. The maximum atomic E-state index is 5.65. The zero-order valence-electron chi connectivity index (χ0n) is 11.8. The van der Waals surface area contributed by atoms with Crippen molar-refractivity contribution in [1.82, 2.24) is 9.80 Å². The molecule has 2 N–H and O–H groups in total. The summed E-state index contributed by atoms with van der Waals surface area (Å²) >= 11 is 0. The first-order chi connectivity index (χ1) is 8.55. The standard InChI is InChI=1S/C14H25N3O/c1-16(2)14(7-4-8-14)11-17(3)10-13-6-5-12(9-15)18-13/h5-6H,4,7-11,15H2,1-3H3. The van der Waals surface area contributed by atoms with Crippen LogP contribution >= 0.6 is 0 Å². The molecule has 4 heteroatoms. The highest BCUT2D eigenvalue weighted by Crippen LogP contribution is 2.36. The first-order valence-corrected chi connectivity index (χ1v) is 6.69. The Balaban J connectivity index is 1.90. The fourth-order valence-electron chi connectivity index (χ4n) is 2.77. The summed E-state index contributed by atoms with van der Waals surface area (Å²) in [4.78, 5) is 4.72. The Bertz CT molecular complexity index is 382. The molecule has 0 bridgehead atoms. The summed E-state index contributed by atoms with van der Waals surface area (Å²) in [6.07, 6.45) is 3.96. The molecule has 18 heavy (non-hydrogen) atoms. The van der Waals surface area contributed by atoms with Crippen LogP contribution in [0.4, 0.5) is 0 Å². The summed E-state index contributed by atoms with van der Waals surface area (Å²) in [5.41, 5.74) is 5.93. The molecule has 0 atom stereocenters. The van der Waals surface area contributed by atoms with Crippen molar-refractivity contribution in [2.24, 2.45) is 5.73 Å². The van der Waals surface area contributed by atoms with Crippen LogP contribution in [0.15, 0.2) is 16.5 Å². The van der Waals surface area contributed by atoms with Crippen LogP contribution in [0.2, 0.25) is 0 Å². The van der Waals surface area contributed by atoms with Crippen LogP contribution in [-0.4, -0.2) is 43.0 Å². The van der Waals surface area contributed by atoms with Gasteiger partial charge in [-0.2, -0.15) is 0 Å². The third kappa shape index (κ3) is 2.76. The van der Waals surface area contributed by atoms with Gasteiger partial charge in [0.2, 0.25) is 0 Å². The smallest absolute Gasteiger partial charge is 0.118 e. The Morgan fingerprint density at radius 1 is 1.22 bits per heavy atom. The summed E-state index contributed by atoms with van der Waals surface area (Å²) in [7, 11) is 6.53. The van der Waals surface area contributed by atoms with Gasteiger partial charge in [-0.3, -0.25) is 4.90 Å². The summed E-state index contributed by atoms with van der Waals surface area (Å²) in [6.45, 7) is 2.43. The minimum Gasteiger partial charge on any atom is -0.463 e. The molecular weight excluding hydrogens is 226 g/mol. The summed E-state index contributed by atoms with van der Waals surface area (Å²) in [5.74, 6) is 1.87. The quantitative estimate of drug-likeness (QED) is 0.835. The van der Waals surface area contributed by atoms with E-state index in [9.17, 15) is 0 Å². The van der Waals surface area contributed by atoms with E-state index in [1.165, 1.54) is 19.3 Å². The highest BCUT2D eigenvalue weighted by atomic mass is 16.3. The average molecular weight is 251 g/mol. The third-order valence-electron chi connectivity index (χ3n) is 4.14. The Kier molecular flexibility index (Phi) is 4.10. The fraction of sp³-hybridized carbons (Fsp3) is 0.714. The number of likely N-dealkylation sites (N-methyl/N-ethyl adjacent to an activating group) is 2. The molecule has 1 aliphatic rings. The van der Waals surface area contributed by atoms with E-state index in [1.807, 2.05) is 12.1 Å². The van der Waals surface area contributed by atoms with Crippen molar-refractivity contribution in [3.05, 3.63) is 23.7 Å². The second-order valence-corrected chi connectivity index (χ2v) is 5.72. The number of nitrogens with zero attached hydrogens (tertiary/aromatic N) is 2. The van der Waals surface area contributed by atoms with Crippen LogP contribution in [0, 0.1) is 0 Å². The Hall–Kier alpha value is -0.840. The molecule has 1 aliphatic carbocycles. The molecular formula is C14H25N3O. The average Bonchev–Trinajstić information content (AvgIpc) is 2.70. The van der Waals surface area contributed by atoms with Crippen molar-refractivity contribution in [2.45, 2.75) is 37.9 Å². The minimum absolute atomic E-state index is 0.373. The van der Waals surface area contributed by atoms with Crippen LogP contribution in [0.3, 0.4) is 0 Å². The van der Waals surface area contributed by atoms with Gasteiger partial charge in [0, 0.05) is 12.1 Å². The van der Waals surface area contributed by atoms with Crippen LogP contribution in [0.25, 0.3) is 0 Å². The van der Waals surface area contributed by atoms with Crippen molar-refractivity contribution in [3.63, 3.8) is 0 Å². The lowest BCUT2D eigenvalue weighted by atomic mass is 9.75. The third-order valence-corrected chi connectivity index (χ3v) is 4.14. The molecule has 1 aromatic rings. The van der Waals surface area contributed by atoms with Gasteiger partial charge < -0.3 is 15.1 Å². The number of hydrogen-bond donors (Lipinski definition) is 1. The lowest BCUT2D eigenvalue weighted by molar-refractivity contribution is 0.0243. The zero-order valence-corrected chi connectivity index (χ0v) is 11.8. The lowest BCUT2D eigenvalue weighted by Crippen LogP contribution is -2.56. The van der Waals surface area contributed by atoms with Gasteiger partial charge in [0.1, 0.15) is 11.5 Å². The molecule has 0 amide bonds. The van der Waals surface area contributed by atoms with Crippen molar-refractivity contribution in [3.8, 4) is 0 Å². The Morgan fingerprint density at radius 3 is 2.33 bits per heavy atom. The normalized spacial score (nSPS) is 18.3. The number of rotatable bonds is 6. The second kappa shape index (κ2) is 5.43. The molecule has 0 unspecified atom stereocenters. The minimum atomic E-state index is 0.373. The predicted molar refractivity (Wildman–Crippen MR) is 73.2 cm³/mol. The number of hydrogen-bond acceptors (Lipinski definition) is 4. The van der Waals surface area contributed by atoms with Gasteiger partial charge in [-0.1, -0.05) is 0 Å². The van der Waals surface area contributed by atoms with E-state index in [-0.39, 0.29) is 0 Å². The number of furan rings is 1. The molecule has 1 heterocycles. The fourth-order valence-corrected chi connectivity index (χ4v) is 2.77. The molecule has 1 saturated carbocycles. The molecule has 0 radical (unpaired) electrons. The van der Waals surface area contributed by atoms with Gasteiger partial charge in [0.05, 0.1) is 13.1 Å². The predicted octanol–water partition coefficient (Wildman–Crippen LogP) is 1.65. The SMILES string of the molecule is CN(Cc1ccc(CN)o1)CC1(N(C)C)CCC1. The highest BCUT2D eigenvalue weighted by molar-refractivity contribution is 5.07. The second-order valence-electron chi connectivity index (χ2n) is 5.72.